The SMILES string of the molecule is O=C1OC(=O)[C@]23[C@@H]4C=C[C@@H](N4)[C@]12[C@@H]1C=C[C@H]3O1. The van der Waals surface area contributed by atoms with Crippen LogP contribution in [0.4, 0.5) is 0 Å². The molecule has 3 saturated heterocycles. The van der Waals surface area contributed by atoms with Gasteiger partial charge in [0.05, 0.1) is 12.2 Å². The molecule has 0 aliphatic carbocycles. The van der Waals surface area contributed by atoms with Crippen molar-refractivity contribution in [2.24, 2.45) is 10.8 Å². The van der Waals surface area contributed by atoms with Gasteiger partial charge in [-0.3, -0.25) is 9.59 Å². The third-order valence-electron chi connectivity index (χ3n) is 5.03. The molecular formula is C12H9NO4. The highest BCUT2D eigenvalue weighted by atomic mass is 16.6. The molecule has 0 aromatic rings. The number of carbonyl (C=O) groups excluding carboxylic acids is 2. The van der Waals surface area contributed by atoms with E-state index in [9.17, 15) is 9.59 Å². The summed E-state index contributed by atoms with van der Waals surface area (Å²) in [5.74, 6) is -0.854. The average Bonchev–Trinajstić information content (AvgIpc) is 3.04. The van der Waals surface area contributed by atoms with Crippen LogP contribution in [-0.2, 0) is 19.1 Å². The topological polar surface area (TPSA) is 64.6 Å². The summed E-state index contributed by atoms with van der Waals surface area (Å²) in [6.07, 6.45) is 7.03. The van der Waals surface area contributed by atoms with Gasteiger partial charge in [-0.1, -0.05) is 24.3 Å². The summed E-state index contributed by atoms with van der Waals surface area (Å²) in [5.41, 5.74) is -1.72. The van der Waals surface area contributed by atoms with Gasteiger partial charge in [-0.05, 0) is 0 Å². The molecule has 5 aliphatic rings. The van der Waals surface area contributed by atoms with Crippen LogP contribution in [0.1, 0.15) is 0 Å². The normalized spacial score (nSPS) is 60.0. The molecule has 5 nitrogen and oxygen atoms in total. The largest absolute Gasteiger partial charge is 0.392 e. The molecule has 0 spiro atoms. The van der Waals surface area contributed by atoms with Gasteiger partial charge in [0.15, 0.2) is 0 Å². The van der Waals surface area contributed by atoms with Gasteiger partial charge in [-0.2, -0.15) is 0 Å². The summed E-state index contributed by atoms with van der Waals surface area (Å²) in [7, 11) is 0. The maximum atomic E-state index is 12.2. The molecule has 0 amide bonds. The number of hydrogen-bond acceptors (Lipinski definition) is 5. The van der Waals surface area contributed by atoms with E-state index in [0.717, 1.165) is 0 Å². The summed E-state index contributed by atoms with van der Waals surface area (Å²) in [5, 5.41) is 3.32. The summed E-state index contributed by atoms with van der Waals surface area (Å²) in [6.45, 7) is 0. The van der Waals surface area contributed by atoms with Crippen molar-refractivity contribution in [2.45, 2.75) is 24.3 Å². The molecule has 6 atom stereocenters. The fourth-order valence-corrected chi connectivity index (χ4v) is 4.48. The van der Waals surface area contributed by atoms with Gasteiger partial charge in [0.1, 0.15) is 10.8 Å². The monoisotopic (exact) mass is 231 g/mol. The van der Waals surface area contributed by atoms with E-state index in [1.54, 1.807) is 0 Å². The van der Waals surface area contributed by atoms with E-state index < -0.39 is 22.8 Å². The van der Waals surface area contributed by atoms with E-state index in [0.29, 0.717) is 0 Å². The fourth-order valence-electron chi connectivity index (χ4n) is 4.48. The number of fused-ring (bicyclic) bond motifs is 4. The maximum Gasteiger partial charge on any atom is 0.326 e. The van der Waals surface area contributed by atoms with Gasteiger partial charge in [-0.15, -0.1) is 0 Å². The first-order valence-electron chi connectivity index (χ1n) is 5.77. The van der Waals surface area contributed by atoms with Gasteiger partial charge >= 0.3 is 11.9 Å². The van der Waals surface area contributed by atoms with Crippen LogP contribution >= 0.6 is 0 Å². The molecule has 5 heterocycles. The molecule has 5 heteroatoms. The molecule has 5 aliphatic heterocycles. The Morgan fingerprint density at radius 2 is 1.47 bits per heavy atom. The van der Waals surface area contributed by atoms with Crippen molar-refractivity contribution >= 4 is 11.9 Å². The summed E-state index contributed by atoms with van der Waals surface area (Å²) >= 11 is 0. The molecule has 0 saturated carbocycles. The van der Waals surface area contributed by atoms with E-state index in [1.807, 2.05) is 24.3 Å². The van der Waals surface area contributed by atoms with E-state index in [2.05, 4.69) is 5.32 Å². The second-order valence-corrected chi connectivity index (χ2v) is 5.28. The second-order valence-electron chi connectivity index (χ2n) is 5.28. The highest BCUT2D eigenvalue weighted by molar-refractivity contribution is 6.06. The van der Waals surface area contributed by atoms with Crippen LogP contribution < -0.4 is 5.32 Å². The van der Waals surface area contributed by atoms with Gasteiger partial charge < -0.3 is 14.8 Å². The van der Waals surface area contributed by atoms with Gasteiger partial charge in [0.2, 0.25) is 0 Å². The molecule has 0 unspecified atom stereocenters. The number of hydrogen-bond donors (Lipinski definition) is 1. The molecular weight excluding hydrogens is 222 g/mol. The lowest BCUT2D eigenvalue weighted by Crippen LogP contribution is -2.56. The molecule has 5 rings (SSSR count). The number of esters is 2. The molecule has 86 valence electrons. The smallest absolute Gasteiger partial charge is 0.326 e. The van der Waals surface area contributed by atoms with Crippen LogP contribution in [-0.4, -0.2) is 36.2 Å². The zero-order valence-corrected chi connectivity index (χ0v) is 8.75. The molecule has 0 radical (unpaired) electrons. The first-order valence-corrected chi connectivity index (χ1v) is 5.77. The Bertz CT molecular complexity index is 477. The zero-order chi connectivity index (χ0) is 11.4. The van der Waals surface area contributed by atoms with Gasteiger partial charge in [0.25, 0.3) is 0 Å². The highest BCUT2D eigenvalue weighted by Gasteiger charge is 2.88. The minimum Gasteiger partial charge on any atom is -0.392 e. The van der Waals surface area contributed by atoms with Crippen molar-refractivity contribution in [3.63, 3.8) is 0 Å². The minimum atomic E-state index is -0.858. The first-order chi connectivity index (χ1) is 8.22. The van der Waals surface area contributed by atoms with Crippen molar-refractivity contribution < 1.29 is 19.1 Å². The van der Waals surface area contributed by atoms with Crippen LogP contribution in [0.15, 0.2) is 24.3 Å². The molecule has 17 heavy (non-hydrogen) atoms. The molecule has 0 aromatic heterocycles. The van der Waals surface area contributed by atoms with Crippen molar-refractivity contribution in [2.75, 3.05) is 0 Å². The van der Waals surface area contributed by atoms with E-state index in [4.69, 9.17) is 9.47 Å². The van der Waals surface area contributed by atoms with Crippen LogP contribution in [0.3, 0.4) is 0 Å². The van der Waals surface area contributed by atoms with Crippen LogP contribution in [0.2, 0.25) is 0 Å². The lowest BCUT2D eigenvalue weighted by Gasteiger charge is -2.37. The van der Waals surface area contributed by atoms with Crippen molar-refractivity contribution in [1.82, 2.24) is 5.32 Å². The summed E-state index contributed by atoms with van der Waals surface area (Å²) < 4.78 is 10.8. The third-order valence-corrected chi connectivity index (χ3v) is 5.03. The van der Waals surface area contributed by atoms with Crippen molar-refractivity contribution in [3.8, 4) is 0 Å². The Balaban J connectivity index is 1.93. The number of nitrogens with one attached hydrogen (secondary N) is 1. The Kier molecular flexibility index (Phi) is 1.07. The Morgan fingerprint density at radius 3 is 2.00 bits per heavy atom. The van der Waals surface area contributed by atoms with Crippen LogP contribution in [0, 0.1) is 10.8 Å². The Labute approximate surface area is 96.4 Å². The quantitative estimate of drug-likeness (QED) is 0.339. The van der Waals surface area contributed by atoms with Crippen molar-refractivity contribution in [1.29, 1.82) is 0 Å². The third kappa shape index (κ3) is 0.532. The van der Waals surface area contributed by atoms with E-state index in [1.165, 1.54) is 0 Å². The lowest BCUT2D eigenvalue weighted by molar-refractivity contribution is -0.160. The Morgan fingerprint density at radius 1 is 0.941 bits per heavy atom. The highest BCUT2D eigenvalue weighted by Crippen LogP contribution is 2.69. The van der Waals surface area contributed by atoms with Gasteiger partial charge in [0, 0.05) is 12.1 Å². The van der Waals surface area contributed by atoms with E-state index >= 15 is 0 Å². The predicted molar refractivity (Wildman–Crippen MR) is 53.6 cm³/mol. The zero-order valence-electron chi connectivity index (χ0n) is 8.75. The number of rotatable bonds is 0. The predicted octanol–water partition coefficient (Wildman–Crippen LogP) is -0.710. The van der Waals surface area contributed by atoms with Crippen LogP contribution in [0.5, 0.6) is 0 Å². The number of carbonyl (C=O) groups is 2. The standard InChI is InChI=1S/C12H9NO4/c14-9-11-5-1-2-6(13-5)12(11,10(15)17-9)8-4-3-7(11)16-8/h1-8,13H/t5-,6+,7+,8-,11+,12-. The number of cyclic esters (lactones) is 2. The van der Waals surface area contributed by atoms with Crippen molar-refractivity contribution in [3.05, 3.63) is 24.3 Å². The maximum absolute atomic E-state index is 12.2. The summed E-state index contributed by atoms with van der Waals surface area (Å²) in [4.78, 5) is 24.4. The minimum absolute atomic E-state index is 0.147. The molecule has 0 aromatic carbocycles. The van der Waals surface area contributed by atoms with E-state index in [-0.39, 0.29) is 24.3 Å². The van der Waals surface area contributed by atoms with Gasteiger partial charge in [-0.25, -0.2) is 0 Å². The summed E-state index contributed by atoms with van der Waals surface area (Å²) in [6, 6.07) is -0.294. The first kappa shape index (κ1) is 8.60. The number of ether oxygens (including phenoxy) is 2. The average molecular weight is 231 g/mol. The molecule has 1 N–H and O–H groups in total. The Hall–Kier alpha value is -1.46. The second kappa shape index (κ2) is 2.11. The molecule has 3 fully saturated rings. The van der Waals surface area contributed by atoms with Crippen LogP contribution in [0.25, 0.3) is 0 Å². The lowest BCUT2D eigenvalue weighted by atomic mass is 9.54. The molecule has 4 bridgehead atoms. The fraction of sp³-hybridized carbons (Fsp3) is 0.500.